The van der Waals surface area contributed by atoms with Gasteiger partial charge < -0.3 is 10.5 Å². The third-order valence-electron chi connectivity index (χ3n) is 1.90. The molecule has 0 amide bonds. The molecule has 72 valence electrons. The number of hydrogen-bond acceptors (Lipinski definition) is 4. The molecule has 14 heavy (non-hydrogen) atoms. The summed E-state index contributed by atoms with van der Waals surface area (Å²) in [4.78, 5) is 4.21. The van der Waals surface area contributed by atoms with Crippen molar-refractivity contribution in [1.29, 1.82) is 0 Å². The number of benzene rings is 1. The van der Waals surface area contributed by atoms with Crippen molar-refractivity contribution in [2.45, 2.75) is 0 Å². The van der Waals surface area contributed by atoms with Crippen LogP contribution in [0.3, 0.4) is 0 Å². The van der Waals surface area contributed by atoms with Crippen LogP contribution in [0.25, 0.3) is 11.3 Å². The number of rotatable bonds is 2. The van der Waals surface area contributed by atoms with Gasteiger partial charge in [-0.25, -0.2) is 4.98 Å². The van der Waals surface area contributed by atoms with E-state index in [-0.39, 0.29) is 0 Å². The molecular weight excluding hydrogens is 196 g/mol. The van der Waals surface area contributed by atoms with Crippen molar-refractivity contribution in [2.24, 2.45) is 0 Å². The standard InChI is InChI=1S/C10H10N2OS/c1-13-9-5-3-2-4-7(9)8-6-14-10(11)12-8/h2-6H,1H3,(H2,11,12). The second kappa shape index (κ2) is 3.67. The Morgan fingerprint density at radius 2 is 2.14 bits per heavy atom. The third kappa shape index (κ3) is 1.56. The molecule has 2 aromatic rings. The van der Waals surface area contributed by atoms with Crippen molar-refractivity contribution in [3.05, 3.63) is 29.6 Å². The van der Waals surface area contributed by atoms with Gasteiger partial charge in [-0.2, -0.15) is 0 Å². The Hall–Kier alpha value is -1.55. The molecule has 1 aromatic heterocycles. The number of ether oxygens (including phenoxy) is 1. The molecule has 0 saturated heterocycles. The fourth-order valence-electron chi connectivity index (χ4n) is 1.27. The molecule has 0 radical (unpaired) electrons. The number of para-hydroxylation sites is 1. The first kappa shape index (κ1) is 9.02. The highest BCUT2D eigenvalue weighted by atomic mass is 32.1. The molecular formula is C10H10N2OS. The van der Waals surface area contributed by atoms with Gasteiger partial charge in [0.2, 0.25) is 0 Å². The lowest BCUT2D eigenvalue weighted by Gasteiger charge is -2.04. The zero-order valence-electron chi connectivity index (χ0n) is 7.73. The highest BCUT2D eigenvalue weighted by molar-refractivity contribution is 7.13. The zero-order chi connectivity index (χ0) is 9.97. The van der Waals surface area contributed by atoms with Crippen LogP contribution in [0.4, 0.5) is 5.13 Å². The molecule has 0 bridgehead atoms. The molecule has 2 rings (SSSR count). The van der Waals surface area contributed by atoms with Gasteiger partial charge in [-0.3, -0.25) is 0 Å². The van der Waals surface area contributed by atoms with E-state index in [1.165, 1.54) is 11.3 Å². The summed E-state index contributed by atoms with van der Waals surface area (Å²) in [6, 6.07) is 7.75. The van der Waals surface area contributed by atoms with Crippen LogP contribution in [-0.2, 0) is 0 Å². The van der Waals surface area contributed by atoms with E-state index in [0.717, 1.165) is 17.0 Å². The van der Waals surface area contributed by atoms with Crippen LogP contribution in [0.1, 0.15) is 0 Å². The molecule has 0 fully saturated rings. The molecule has 0 spiro atoms. The van der Waals surface area contributed by atoms with Gasteiger partial charge in [0.1, 0.15) is 5.75 Å². The SMILES string of the molecule is COc1ccccc1-c1csc(N)n1. The Kier molecular flexibility index (Phi) is 2.37. The number of anilines is 1. The number of hydrogen-bond donors (Lipinski definition) is 1. The highest BCUT2D eigenvalue weighted by Gasteiger charge is 2.07. The lowest BCUT2D eigenvalue weighted by atomic mass is 10.1. The smallest absolute Gasteiger partial charge is 0.180 e. The fraction of sp³-hybridized carbons (Fsp3) is 0.100. The Bertz CT molecular complexity index is 439. The Balaban J connectivity index is 2.50. The summed E-state index contributed by atoms with van der Waals surface area (Å²) in [6.07, 6.45) is 0. The molecule has 0 atom stereocenters. The molecule has 2 N–H and O–H groups in total. The normalized spacial score (nSPS) is 10.1. The monoisotopic (exact) mass is 206 g/mol. The van der Waals surface area contributed by atoms with E-state index in [9.17, 15) is 0 Å². The first-order valence-corrected chi connectivity index (χ1v) is 5.03. The highest BCUT2D eigenvalue weighted by Crippen LogP contribution is 2.30. The van der Waals surface area contributed by atoms with Crippen LogP contribution >= 0.6 is 11.3 Å². The minimum absolute atomic E-state index is 0.575. The van der Waals surface area contributed by atoms with E-state index >= 15 is 0 Å². The van der Waals surface area contributed by atoms with Crippen molar-refractivity contribution in [3.63, 3.8) is 0 Å². The van der Waals surface area contributed by atoms with Crippen LogP contribution in [0.5, 0.6) is 5.75 Å². The molecule has 0 unspecified atom stereocenters. The van der Waals surface area contributed by atoms with Crippen LogP contribution in [0.2, 0.25) is 0 Å². The van der Waals surface area contributed by atoms with E-state index in [1.54, 1.807) is 7.11 Å². The molecule has 0 aliphatic heterocycles. The Morgan fingerprint density at radius 1 is 1.36 bits per heavy atom. The summed E-state index contributed by atoms with van der Waals surface area (Å²) in [5, 5.41) is 2.50. The second-order valence-corrected chi connectivity index (χ2v) is 3.66. The van der Waals surface area contributed by atoms with Crippen LogP contribution < -0.4 is 10.5 Å². The second-order valence-electron chi connectivity index (χ2n) is 2.77. The molecule has 1 heterocycles. The van der Waals surface area contributed by atoms with Gasteiger partial charge in [-0.15, -0.1) is 11.3 Å². The predicted octanol–water partition coefficient (Wildman–Crippen LogP) is 2.40. The summed E-state index contributed by atoms with van der Waals surface area (Å²) in [6.45, 7) is 0. The largest absolute Gasteiger partial charge is 0.496 e. The average Bonchev–Trinajstić information content (AvgIpc) is 2.65. The topological polar surface area (TPSA) is 48.1 Å². The summed E-state index contributed by atoms with van der Waals surface area (Å²) >= 11 is 1.43. The van der Waals surface area contributed by atoms with E-state index < -0.39 is 0 Å². The van der Waals surface area contributed by atoms with Gasteiger partial charge >= 0.3 is 0 Å². The molecule has 0 aliphatic carbocycles. The molecule has 1 aromatic carbocycles. The summed E-state index contributed by atoms with van der Waals surface area (Å²) in [5.74, 6) is 0.817. The summed E-state index contributed by atoms with van der Waals surface area (Å²) in [7, 11) is 1.65. The molecule has 4 heteroatoms. The summed E-state index contributed by atoms with van der Waals surface area (Å²) in [5.41, 5.74) is 7.41. The minimum Gasteiger partial charge on any atom is -0.496 e. The number of thiazole rings is 1. The first-order chi connectivity index (χ1) is 6.81. The number of aromatic nitrogens is 1. The predicted molar refractivity (Wildman–Crippen MR) is 58.5 cm³/mol. The lowest BCUT2D eigenvalue weighted by Crippen LogP contribution is -1.88. The van der Waals surface area contributed by atoms with E-state index in [1.807, 2.05) is 29.6 Å². The fourth-order valence-corrected chi connectivity index (χ4v) is 1.83. The van der Waals surface area contributed by atoms with Crippen LogP contribution in [0.15, 0.2) is 29.6 Å². The van der Waals surface area contributed by atoms with Crippen molar-refractivity contribution in [2.75, 3.05) is 12.8 Å². The molecule has 0 saturated carbocycles. The zero-order valence-corrected chi connectivity index (χ0v) is 8.54. The van der Waals surface area contributed by atoms with Gasteiger partial charge in [0.25, 0.3) is 0 Å². The van der Waals surface area contributed by atoms with Crippen LogP contribution in [-0.4, -0.2) is 12.1 Å². The lowest BCUT2D eigenvalue weighted by molar-refractivity contribution is 0.416. The van der Waals surface area contributed by atoms with Crippen molar-refractivity contribution in [3.8, 4) is 17.0 Å². The Labute approximate surface area is 86.2 Å². The van der Waals surface area contributed by atoms with E-state index in [0.29, 0.717) is 5.13 Å². The van der Waals surface area contributed by atoms with Gasteiger partial charge in [-0.05, 0) is 12.1 Å². The maximum absolute atomic E-state index is 5.57. The number of methoxy groups -OCH3 is 1. The van der Waals surface area contributed by atoms with Crippen molar-refractivity contribution in [1.82, 2.24) is 4.98 Å². The third-order valence-corrected chi connectivity index (χ3v) is 2.58. The molecule has 3 nitrogen and oxygen atoms in total. The van der Waals surface area contributed by atoms with Crippen molar-refractivity contribution < 1.29 is 4.74 Å². The van der Waals surface area contributed by atoms with Gasteiger partial charge in [0, 0.05) is 10.9 Å². The summed E-state index contributed by atoms with van der Waals surface area (Å²) < 4.78 is 5.23. The van der Waals surface area contributed by atoms with Gasteiger partial charge in [0.15, 0.2) is 5.13 Å². The molecule has 0 aliphatic rings. The van der Waals surface area contributed by atoms with Gasteiger partial charge in [-0.1, -0.05) is 12.1 Å². The number of nitrogens with zero attached hydrogens (tertiary/aromatic N) is 1. The van der Waals surface area contributed by atoms with Gasteiger partial charge in [0.05, 0.1) is 12.8 Å². The maximum atomic E-state index is 5.57. The van der Waals surface area contributed by atoms with Crippen molar-refractivity contribution >= 4 is 16.5 Å². The first-order valence-electron chi connectivity index (χ1n) is 4.15. The number of nitrogen functional groups attached to an aromatic ring is 1. The maximum Gasteiger partial charge on any atom is 0.180 e. The van der Waals surface area contributed by atoms with E-state index in [4.69, 9.17) is 10.5 Å². The minimum atomic E-state index is 0.575. The van der Waals surface area contributed by atoms with Crippen LogP contribution in [0, 0.1) is 0 Å². The number of nitrogens with two attached hydrogens (primary N) is 1. The average molecular weight is 206 g/mol. The van der Waals surface area contributed by atoms with E-state index in [2.05, 4.69) is 4.98 Å². The quantitative estimate of drug-likeness (QED) is 0.820. The Morgan fingerprint density at radius 3 is 2.79 bits per heavy atom.